The summed E-state index contributed by atoms with van der Waals surface area (Å²) < 4.78 is 17.1. The van der Waals surface area contributed by atoms with Crippen molar-refractivity contribution in [3.05, 3.63) is 114 Å². The molecular formula is C28H21FN6S. The Morgan fingerprint density at radius 3 is 2.33 bits per heavy atom. The highest BCUT2D eigenvalue weighted by Crippen LogP contribution is 2.39. The third-order valence-corrected chi connectivity index (χ3v) is 7.05. The molecule has 0 bridgehead atoms. The van der Waals surface area contributed by atoms with E-state index < -0.39 is 0 Å². The van der Waals surface area contributed by atoms with Crippen LogP contribution in [-0.2, 0) is 6.54 Å². The van der Waals surface area contributed by atoms with Crippen molar-refractivity contribution in [3.8, 4) is 38.1 Å². The van der Waals surface area contributed by atoms with E-state index in [0.717, 1.165) is 49.3 Å². The highest BCUT2D eigenvalue weighted by atomic mass is 32.1. The summed E-state index contributed by atoms with van der Waals surface area (Å²) in [5, 5.41) is 14.6. The van der Waals surface area contributed by atoms with Gasteiger partial charge >= 0.3 is 0 Å². The number of thiazole rings is 1. The van der Waals surface area contributed by atoms with Crippen LogP contribution in [0.4, 0.5) is 4.39 Å². The van der Waals surface area contributed by atoms with Gasteiger partial charge in [-0.05, 0) is 48.9 Å². The molecule has 0 amide bonds. The molecule has 8 heteroatoms. The zero-order chi connectivity index (χ0) is 24.5. The first-order chi connectivity index (χ1) is 17.6. The van der Waals surface area contributed by atoms with Crippen LogP contribution in [0.5, 0.6) is 0 Å². The second-order valence-corrected chi connectivity index (χ2v) is 9.40. The zero-order valence-corrected chi connectivity index (χ0v) is 20.2. The molecule has 0 aliphatic heterocycles. The van der Waals surface area contributed by atoms with Crippen LogP contribution in [0.1, 0.15) is 11.3 Å². The Hall–Kier alpha value is -4.43. The maximum Gasteiger partial charge on any atom is 0.124 e. The number of aromatic nitrogens is 6. The number of rotatable bonds is 6. The van der Waals surface area contributed by atoms with Crippen LogP contribution >= 0.6 is 11.3 Å². The number of aryl methyl sites for hydroxylation is 1. The van der Waals surface area contributed by atoms with E-state index in [2.05, 4.69) is 22.4 Å². The van der Waals surface area contributed by atoms with Crippen LogP contribution in [0, 0.1) is 12.7 Å². The summed E-state index contributed by atoms with van der Waals surface area (Å²) >= 11 is 1.53. The molecule has 0 fully saturated rings. The molecule has 0 unspecified atom stereocenters. The van der Waals surface area contributed by atoms with E-state index in [0.29, 0.717) is 6.54 Å². The normalized spacial score (nSPS) is 11.2. The Bertz CT molecular complexity index is 1620. The van der Waals surface area contributed by atoms with Crippen molar-refractivity contribution in [1.29, 1.82) is 0 Å². The summed E-state index contributed by atoms with van der Waals surface area (Å²) in [6.07, 6.45) is 3.93. The standard InChI is InChI=1S/C28H21FN6S/c1-19-27(36-28(30-19)21-12-14-22(29)15-13-21)26-24(17-35(32-26)23-10-6-3-7-11-23)25-18-34(33-31-25)16-20-8-4-2-5-9-20/h2-15,17-18H,16H2,1H3. The van der Waals surface area contributed by atoms with Gasteiger partial charge in [-0.1, -0.05) is 53.7 Å². The van der Waals surface area contributed by atoms with Gasteiger partial charge in [0, 0.05) is 11.8 Å². The van der Waals surface area contributed by atoms with Gasteiger partial charge in [-0.15, -0.1) is 16.4 Å². The summed E-state index contributed by atoms with van der Waals surface area (Å²) in [7, 11) is 0. The summed E-state index contributed by atoms with van der Waals surface area (Å²) in [4.78, 5) is 5.71. The van der Waals surface area contributed by atoms with Gasteiger partial charge in [0.15, 0.2) is 0 Å². The minimum Gasteiger partial charge on any atom is -0.247 e. The Kier molecular flexibility index (Phi) is 5.71. The average molecular weight is 493 g/mol. The van der Waals surface area contributed by atoms with Crippen molar-refractivity contribution >= 4 is 11.3 Å². The molecule has 3 heterocycles. The third kappa shape index (κ3) is 4.34. The van der Waals surface area contributed by atoms with Gasteiger partial charge in [0.2, 0.25) is 0 Å². The van der Waals surface area contributed by atoms with Gasteiger partial charge in [-0.2, -0.15) is 5.10 Å². The summed E-state index contributed by atoms with van der Waals surface area (Å²) in [5.74, 6) is -0.269. The molecule has 3 aromatic heterocycles. The number of benzene rings is 3. The maximum atomic E-state index is 13.5. The van der Waals surface area contributed by atoms with Crippen molar-refractivity contribution in [2.45, 2.75) is 13.5 Å². The van der Waals surface area contributed by atoms with Crippen molar-refractivity contribution < 1.29 is 4.39 Å². The van der Waals surface area contributed by atoms with E-state index >= 15 is 0 Å². The minimum absolute atomic E-state index is 0.269. The first-order valence-corrected chi connectivity index (χ1v) is 12.3. The molecule has 0 N–H and O–H groups in total. The summed E-state index contributed by atoms with van der Waals surface area (Å²) in [6, 6.07) is 26.5. The highest BCUT2D eigenvalue weighted by molar-refractivity contribution is 7.18. The van der Waals surface area contributed by atoms with E-state index in [1.54, 1.807) is 12.1 Å². The minimum atomic E-state index is -0.269. The molecule has 6 aromatic rings. The van der Waals surface area contributed by atoms with E-state index in [-0.39, 0.29) is 5.82 Å². The lowest BCUT2D eigenvalue weighted by molar-refractivity contribution is 0.628. The average Bonchev–Trinajstić information content (AvgIpc) is 3.64. The second kappa shape index (κ2) is 9.31. The fraction of sp³-hybridized carbons (Fsp3) is 0.0714. The molecule has 3 aromatic carbocycles. The van der Waals surface area contributed by atoms with Gasteiger partial charge in [0.05, 0.1) is 34.6 Å². The van der Waals surface area contributed by atoms with Gasteiger partial charge in [0.25, 0.3) is 0 Å². The molecule has 36 heavy (non-hydrogen) atoms. The monoisotopic (exact) mass is 492 g/mol. The van der Waals surface area contributed by atoms with E-state index in [4.69, 9.17) is 10.1 Å². The Balaban J connectivity index is 1.43. The molecule has 0 spiro atoms. The number of halogens is 1. The third-order valence-electron chi connectivity index (χ3n) is 5.84. The molecule has 0 radical (unpaired) electrons. The molecule has 0 aliphatic rings. The molecule has 0 aliphatic carbocycles. The SMILES string of the molecule is Cc1nc(-c2ccc(F)cc2)sc1-c1nn(-c2ccccc2)cc1-c1cn(Cc2ccccc2)nn1. The van der Waals surface area contributed by atoms with Crippen molar-refractivity contribution in [2.75, 3.05) is 0 Å². The molecule has 0 atom stereocenters. The number of nitrogens with zero attached hydrogens (tertiary/aromatic N) is 6. The first-order valence-electron chi connectivity index (χ1n) is 11.5. The van der Waals surface area contributed by atoms with E-state index in [9.17, 15) is 4.39 Å². The fourth-order valence-corrected chi connectivity index (χ4v) is 5.11. The number of para-hydroxylation sites is 1. The predicted molar refractivity (Wildman–Crippen MR) is 139 cm³/mol. The predicted octanol–water partition coefficient (Wildman–Crippen LogP) is 6.42. The molecule has 6 nitrogen and oxygen atoms in total. The second-order valence-electron chi connectivity index (χ2n) is 8.40. The zero-order valence-electron chi connectivity index (χ0n) is 19.4. The smallest absolute Gasteiger partial charge is 0.124 e. The van der Waals surface area contributed by atoms with Crippen LogP contribution in [0.3, 0.4) is 0 Å². The molecular weight excluding hydrogens is 471 g/mol. The van der Waals surface area contributed by atoms with Crippen LogP contribution in [0.2, 0.25) is 0 Å². The van der Waals surface area contributed by atoms with Gasteiger partial charge in [0.1, 0.15) is 22.2 Å². The van der Waals surface area contributed by atoms with Gasteiger partial charge in [-0.3, -0.25) is 0 Å². The van der Waals surface area contributed by atoms with Gasteiger partial charge in [-0.25, -0.2) is 18.7 Å². The first kappa shape index (κ1) is 22.1. The van der Waals surface area contributed by atoms with Gasteiger partial charge < -0.3 is 0 Å². The lowest BCUT2D eigenvalue weighted by Gasteiger charge is -1.99. The number of hydrogen-bond acceptors (Lipinski definition) is 5. The Morgan fingerprint density at radius 1 is 0.861 bits per heavy atom. The lowest BCUT2D eigenvalue weighted by atomic mass is 10.1. The number of hydrogen-bond donors (Lipinski definition) is 0. The molecule has 176 valence electrons. The lowest BCUT2D eigenvalue weighted by Crippen LogP contribution is -1.99. The van der Waals surface area contributed by atoms with Crippen molar-refractivity contribution in [2.24, 2.45) is 0 Å². The summed E-state index contributed by atoms with van der Waals surface area (Å²) in [5.41, 5.74) is 6.21. The summed E-state index contributed by atoms with van der Waals surface area (Å²) in [6.45, 7) is 2.60. The van der Waals surface area contributed by atoms with Crippen molar-refractivity contribution in [3.63, 3.8) is 0 Å². The maximum absolute atomic E-state index is 13.5. The largest absolute Gasteiger partial charge is 0.247 e. The van der Waals surface area contributed by atoms with Crippen LogP contribution < -0.4 is 0 Å². The Morgan fingerprint density at radius 2 is 1.58 bits per heavy atom. The van der Waals surface area contributed by atoms with E-state index in [1.165, 1.54) is 23.5 Å². The molecule has 0 saturated carbocycles. The quantitative estimate of drug-likeness (QED) is 0.269. The fourth-order valence-electron chi connectivity index (χ4n) is 4.04. The van der Waals surface area contributed by atoms with E-state index in [1.807, 2.05) is 77.2 Å². The van der Waals surface area contributed by atoms with Crippen molar-refractivity contribution in [1.82, 2.24) is 29.8 Å². The Labute approximate surface area is 211 Å². The molecule has 0 saturated heterocycles. The molecule has 6 rings (SSSR count). The topological polar surface area (TPSA) is 61.4 Å². The highest BCUT2D eigenvalue weighted by Gasteiger charge is 2.22. The van der Waals surface area contributed by atoms with Crippen LogP contribution in [0.25, 0.3) is 38.1 Å². The van der Waals surface area contributed by atoms with Crippen LogP contribution in [-0.4, -0.2) is 29.8 Å². The van der Waals surface area contributed by atoms with Crippen LogP contribution in [0.15, 0.2) is 97.3 Å².